The molecule has 14 nitrogen and oxygen atoms in total. The van der Waals surface area contributed by atoms with Crippen LogP contribution in [0.1, 0.15) is 11.1 Å². The van der Waals surface area contributed by atoms with Crippen molar-refractivity contribution in [1.82, 2.24) is 19.6 Å². The molecule has 15 heteroatoms. The monoisotopic (exact) mass is 592 g/mol. The lowest BCUT2D eigenvalue weighted by molar-refractivity contribution is 0.174. The van der Waals surface area contributed by atoms with E-state index in [9.17, 15) is 0 Å². The summed E-state index contributed by atoms with van der Waals surface area (Å²) >= 11 is 0. The van der Waals surface area contributed by atoms with E-state index in [1.807, 2.05) is 34.1 Å². The van der Waals surface area contributed by atoms with Crippen molar-refractivity contribution in [2.75, 3.05) is 66.6 Å². The lowest BCUT2D eigenvalue weighted by Gasteiger charge is -2.34. The van der Waals surface area contributed by atoms with E-state index < -0.39 is 10.4 Å². The van der Waals surface area contributed by atoms with E-state index in [1.165, 1.54) is 11.1 Å². The molecule has 6 N–H and O–H groups in total. The van der Waals surface area contributed by atoms with E-state index in [0.717, 1.165) is 76.9 Å². The third-order valence-electron chi connectivity index (χ3n) is 6.51. The van der Waals surface area contributed by atoms with Crippen LogP contribution in [0.5, 0.6) is 11.5 Å². The van der Waals surface area contributed by atoms with Crippen molar-refractivity contribution < 1.29 is 27.0 Å². The van der Waals surface area contributed by atoms with Gasteiger partial charge in [0.2, 0.25) is 0 Å². The fourth-order valence-electron chi connectivity index (χ4n) is 4.35. The number of nitrogens with two attached hydrogens (primary N) is 2. The summed E-state index contributed by atoms with van der Waals surface area (Å²) in [5, 5.41) is 14.8. The zero-order valence-corrected chi connectivity index (χ0v) is 24.3. The highest BCUT2D eigenvalue weighted by Gasteiger charge is 2.18. The molecule has 0 saturated carbocycles. The highest BCUT2D eigenvalue weighted by Crippen LogP contribution is 2.16. The van der Waals surface area contributed by atoms with Crippen molar-refractivity contribution >= 4 is 22.3 Å². The number of hydrogen-bond donors (Lipinski definition) is 4. The van der Waals surface area contributed by atoms with Crippen molar-refractivity contribution in [2.24, 2.45) is 11.5 Å². The minimum absolute atomic E-state index is 0.177. The predicted molar refractivity (Wildman–Crippen MR) is 154 cm³/mol. The number of hydrogen-bond acceptors (Lipinski definition) is 10. The van der Waals surface area contributed by atoms with Crippen molar-refractivity contribution in [3.8, 4) is 11.5 Å². The van der Waals surface area contributed by atoms with Gasteiger partial charge in [-0.3, -0.25) is 29.0 Å². The molecule has 4 rings (SSSR count). The van der Waals surface area contributed by atoms with Gasteiger partial charge in [-0.2, -0.15) is 0 Å². The van der Waals surface area contributed by atoms with Gasteiger partial charge in [0, 0.05) is 75.8 Å². The first-order valence-corrected chi connectivity index (χ1v) is 14.3. The molecule has 2 saturated heterocycles. The molecule has 228 valence electrons. The Bertz CT molecular complexity index is 1130. The van der Waals surface area contributed by atoms with Gasteiger partial charge in [0.05, 0.1) is 14.2 Å². The van der Waals surface area contributed by atoms with E-state index >= 15 is 0 Å². The quantitative estimate of drug-likeness (QED) is 0.152. The number of rotatable bonds is 6. The summed E-state index contributed by atoms with van der Waals surface area (Å²) in [6.45, 7) is 8.93. The van der Waals surface area contributed by atoms with E-state index in [0.29, 0.717) is 0 Å². The molecular formula is C26H40N8O6S-2. The van der Waals surface area contributed by atoms with Crippen LogP contribution in [-0.2, 0) is 23.5 Å². The van der Waals surface area contributed by atoms with Gasteiger partial charge in [-0.25, -0.2) is 0 Å². The van der Waals surface area contributed by atoms with Gasteiger partial charge in [0.25, 0.3) is 0 Å². The van der Waals surface area contributed by atoms with Crippen LogP contribution < -0.4 is 20.9 Å². The molecule has 0 atom stereocenters. The van der Waals surface area contributed by atoms with Crippen molar-refractivity contribution in [1.29, 1.82) is 10.8 Å². The molecule has 2 fully saturated rings. The number of nitrogens with one attached hydrogen (secondary N) is 2. The minimum Gasteiger partial charge on any atom is -0.759 e. The normalized spacial score (nSPS) is 16.0. The molecule has 2 heterocycles. The number of methoxy groups -OCH3 is 2. The van der Waals surface area contributed by atoms with Crippen LogP contribution in [0, 0.1) is 10.8 Å². The summed E-state index contributed by atoms with van der Waals surface area (Å²) in [6.07, 6.45) is 0. The minimum atomic E-state index is -5.17. The Hall–Kier alpha value is -3.63. The van der Waals surface area contributed by atoms with Crippen LogP contribution in [0.3, 0.4) is 0 Å². The molecule has 0 aromatic heterocycles. The molecule has 2 aliphatic heterocycles. The third kappa shape index (κ3) is 13.5. The van der Waals surface area contributed by atoms with Gasteiger partial charge in [0.1, 0.15) is 11.5 Å². The third-order valence-corrected chi connectivity index (χ3v) is 6.51. The van der Waals surface area contributed by atoms with Gasteiger partial charge in [0.15, 0.2) is 11.9 Å². The summed E-state index contributed by atoms with van der Waals surface area (Å²) in [6, 6.07) is 16.3. The van der Waals surface area contributed by atoms with Gasteiger partial charge in [-0.15, -0.1) is 0 Å². The number of guanidine groups is 2. The summed E-state index contributed by atoms with van der Waals surface area (Å²) in [7, 11) is -1.80. The Morgan fingerprint density at radius 3 is 1.32 bits per heavy atom. The van der Waals surface area contributed by atoms with Gasteiger partial charge in [-0.05, 0) is 35.4 Å². The number of ether oxygens (including phenoxy) is 2. The highest BCUT2D eigenvalue weighted by atomic mass is 32.3. The molecule has 0 amide bonds. The first-order chi connectivity index (χ1) is 19.4. The van der Waals surface area contributed by atoms with E-state index in [-0.39, 0.29) is 11.9 Å². The van der Waals surface area contributed by atoms with Gasteiger partial charge >= 0.3 is 0 Å². The van der Waals surface area contributed by atoms with E-state index in [2.05, 4.69) is 34.1 Å². The van der Waals surface area contributed by atoms with Crippen molar-refractivity contribution in [3.05, 3.63) is 59.7 Å². The standard InChI is InChI=1S/2C13H20N4O.H2O4S/c2*1-18-12-4-2-3-11(9-12)10-16-5-7-17(8-6-16)13(14)15;1-5(2,3)4/h2*2-4,9H,5-8,10H2,1H3,(H3,14,15);(H2,1,2,3,4)/p-2. The number of benzene rings is 2. The Balaban J connectivity index is 0.000000247. The lowest BCUT2D eigenvalue weighted by Crippen LogP contribution is -2.50. The first-order valence-electron chi connectivity index (χ1n) is 12.9. The topological polar surface area (TPSA) is 211 Å². The van der Waals surface area contributed by atoms with Crippen LogP contribution in [0.15, 0.2) is 48.5 Å². The molecule has 0 unspecified atom stereocenters. The molecule has 2 aromatic carbocycles. The fraction of sp³-hybridized carbons (Fsp3) is 0.462. The van der Waals surface area contributed by atoms with Crippen molar-refractivity contribution in [2.45, 2.75) is 13.1 Å². The zero-order chi connectivity index (χ0) is 30.4. The average Bonchev–Trinajstić information content (AvgIpc) is 2.93. The molecule has 0 bridgehead atoms. The number of piperazine rings is 2. The molecular weight excluding hydrogens is 552 g/mol. The summed E-state index contributed by atoms with van der Waals surface area (Å²) in [4.78, 5) is 8.55. The van der Waals surface area contributed by atoms with Gasteiger partial charge in [-0.1, -0.05) is 24.3 Å². The Labute approximate surface area is 242 Å². The van der Waals surface area contributed by atoms with E-state index in [4.69, 9.17) is 49.3 Å². The summed E-state index contributed by atoms with van der Waals surface area (Å²) < 4.78 is 44.5. The molecule has 0 spiro atoms. The fourth-order valence-corrected chi connectivity index (χ4v) is 4.35. The highest BCUT2D eigenvalue weighted by molar-refractivity contribution is 7.79. The Morgan fingerprint density at radius 1 is 0.732 bits per heavy atom. The molecule has 2 aromatic rings. The summed E-state index contributed by atoms with van der Waals surface area (Å²) in [5.41, 5.74) is 13.5. The van der Waals surface area contributed by atoms with Gasteiger partial charge < -0.3 is 39.8 Å². The Morgan fingerprint density at radius 2 is 1.05 bits per heavy atom. The lowest BCUT2D eigenvalue weighted by atomic mass is 10.2. The average molecular weight is 593 g/mol. The second kappa shape index (κ2) is 16.6. The summed E-state index contributed by atoms with van der Waals surface area (Å²) in [5.74, 6) is 2.15. The van der Waals surface area contributed by atoms with E-state index in [1.54, 1.807) is 14.2 Å². The zero-order valence-electron chi connectivity index (χ0n) is 23.5. The smallest absolute Gasteiger partial charge is 0.188 e. The van der Waals surface area contributed by atoms with Crippen LogP contribution >= 0.6 is 0 Å². The molecule has 2 aliphatic rings. The molecule has 41 heavy (non-hydrogen) atoms. The first kappa shape index (κ1) is 33.6. The van der Waals surface area contributed by atoms with Crippen molar-refractivity contribution in [3.63, 3.8) is 0 Å². The van der Waals surface area contributed by atoms with Crippen LogP contribution in [0.2, 0.25) is 0 Å². The maximum atomic E-state index is 8.52. The predicted octanol–water partition coefficient (Wildman–Crippen LogP) is 0.0745. The maximum Gasteiger partial charge on any atom is 0.188 e. The van der Waals surface area contributed by atoms with Crippen LogP contribution in [-0.4, -0.2) is 116 Å². The van der Waals surface area contributed by atoms with Crippen LogP contribution in [0.4, 0.5) is 0 Å². The Kier molecular flexibility index (Phi) is 13.6. The second-order valence-corrected chi connectivity index (χ2v) is 10.2. The largest absolute Gasteiger partial charge is 0.759 e. The van der Waals surface area contributed by atoms with Crippen LogP contribution in [0.25, 0.3) is 0 Å². The SMILES string of the molecule is COc1cccc(CN2CCN(C(=N)N)CC2)c1.COc1cccc(CN2CCN(C(=N)N)CC2)c1.O=S(=O)([O-])[O-]. The molecule has 0 radical (unpaired) electrons. The number of nitrogens with zero attached hydrogens (tertiary/aromatic N) is 4. The maximum absolute atomic E-state index is 8.52. The molecule has 0 aliphatic carbocycles. The second-order valence-electron chi connectivity index (χ2n) is 9.41.